The lowest BCUT2D eigenvalue weighted by atomic mass is 9.97. The lowest BCUT2D eigenvalue weighted by Crippen LogP contribution is -2.43. The Morgan fingerprint density at radius 1 is 0.842 bits per heavy atom. The van der Waals surface area contributed by atoms with Crippen molar-refractivity contribution in [1.82, 2.24) is 14.7 Å². The van der Waals surface area contributed by atoms with Crippen LogP contribution in [0.5, 0.6) is 0 Å². The monoisotopic (exact) mass is 265 g/mol. The van der Waals surface area contributed by atoms with Crippen molar-refractivity contribution in [3.05, 3.63) is 0 Å². The maximum Gasteiger partial charge on any atom is 0.0223 e. The van der Waals surface area contributed by atoms with Gasteiger partial charge in [-0.3, -0.25) is 4.90 Å². The number of hydrogen-bond acceptors (Lipinski definition) is 3. The minimum atomic E-state index is 0.883. The van der Waals surface area contributed by atoms with Crippen molar-refractivity contribution >= 4 is 0 Å². The molecule has 3 saturated heterocycles. The van der Waals surface area contributed by atoms with Crippen molar-refractivity contribution in [2.45, 2.75) is 45.1 Å². The van der Waals surface area contributed by atoms with Gasteiger partial charge in [0.1, 0.15) is 0 Å². The van der Waals surface area contributed by atoms with E-state index in [4.69, 9.17) is 0 Å². The summed E-state index contributed by atoms with van der Waals surface area (Å²) in [6, 6.07) is 0.883. The predicted octanol–water partition coefficient (Wildman–Crippen LogP) is 1.89. The lowest BCUT2D eigenvalue weighted by Gasteiger charge is -2.35. The third-order valence-electron chi connectivity index (χ3n) is 5.45. The van der Waals surface area contributed by atoms with Crippen LogP contribution >= 0.6 is 0 Å². The molecule has 0 saturated carbocycles. The largest absolute Gasteiger partial charge is 0.303 e. The molecule has 3 fully saturated rings. The van der Waals surface area contributed by atoms with Gasteiger partial charge >= 0.3 is 0 Å². The van der Waals surface area contributed by atoms with Crippen LogP contribution in [0.3, 0.4) is 0 Å². The van der Waals surface area contributed by atoms with Crippen LogP contribution in [0.15, 0.2) is 0 Å². The molecule has 19 heavy (non-hydrogen) atoms. The van der Waals surface area contributed by atoms with Crippen LogP contribution < -0.4 is 0 Å². The summed E-state index contributed by atoms with van der Waals surface area (Å²) in [6.07, 6.45) is 7.15. The highest BCUT2D eigenvalue weighted by Gasteiger charge is 2.30. The summed E-state index contributed by atoms with van der Waals surface area (Å²) in [6.45, 7) is 13.0. The predicted molar refractivity (Wildman–Crippen MR) is 80.5 cm³/mol. The fraction of sp³-hybridized carbons (Fsp3) is 1.00. The summed E-state index contributed by atoms with van der Waals surface area (Å²) in [5.74, 6) is 0.932. The average Bonchev–Trinajstić information content (AvgIpc) is 2.78. The molecule has 3 aliphatic rings. The highest BCUT2D eigenvalue weighted by Crippen LogP contribution is 2.23. The SMILES string of the molecule is CCN1CCC[C@@H](CN2CCCN3CCC[C@@H]3C2)C1. The molecule has 3 heterocycles. The molecule has 0 radical (unpaired) electrons. The smallest absolute Gasteiger partial charge is 0.0223 e. The van der Waals surface area contributed by atoms with Crippen LogP contribution in [0.25, 0.3) is 0 Å². The normalized spacial score (nSPS) is 35.2. The van der Waals surface area contributed by atoms with Crippen molar-refractivity contribution in [3.63, 3.8) is 0 Å². The van der Waals surface area contributed by atoms with Gasteiger partial charge in [0.05, 0.1) is 0 Å². The second-order valence-corrected chi connectivity index (χ2v) is 6.85. The number of rotatable bonds is 3. The van der Waals surface area contributed by atoms with E-state index in [1.807, 2.05) is 0 Å². The van der Waals surface area contributed by atoms with Crippen LogP contribution in [-0.2, 0) is 0 Å². The summed E-state index contributed by atoms with van der Waals surface area (Å²) in [5, 5.41) is 0. The average molecular weight is 265 g/mol. The zero-order valence-electron chi connectivity index (χ0n) is 12.7. The van der Waals surface area contributed by atoms with Crippen LogP contribution in [0.1, 0.15) is 39.0 Å². The molecule has 0 aliphatic carbocycles. The molecule has 2 atom stereocenters. The van der Waals surface area contributed by atoms with Gasteiger partial charge in [-0.25, -0.2) is 0 Å². The maximum absolute atomic E-state index is 2.79. The second-order valence-electron chi connectivity index (χ2n) is 6.85. The van der Waals surface area contributed by atoms with Crippen molar-refractivity contribution in [2.24, 2.45) is 5.92 Å². The standard InChI is InChI=1S/C16H31N3/c1-2-17-8-3-6-15(12-17)13-18-9-5-11-19-10-4-7-16(19)14-18/h15-16H,2-14H2,1H3/t15-,16-/m1/s1. The molecule has 0 N–H and O–H groups in total. The van der Waals surface area contributed by atoms with E-state index in [0.29, 0.717) is 0 Å². The fourth-order valence-corrected chi connectivity index (χ4v) is 4.40. The van der Waals surface area contributed by atoms with E-state index in [9.17, 15) is 0 Å². The van der Waals surface area contributed by atoms with Gasteiger partial charge in [-0.2, -0.15) is 0 Å². The van der Waals surface area contributed by atoms with E-state index in [0.717, 1.165) is 12.0 Å². The van der Waals surface area contributed by atoms with E-state index < -0.39 is 0 Å². The highest BCUT2D eigenvalue weighted by molar-refractivity contribution is 4.86. The number of hydrogen-bond donors (Lipinski definition) is 0. The van der Waals surface area contributed by atoms with Gasteiger partial charge in [0, 0.05) is 25.7 Å². The maximum atomic E-state index is 2.79. The summed E-state index contributed by atoms with van der Waals surface area (Å²) in [7, 11) is 0. The van der Waals surface area contributed by atoms with E-state index in [2.05, 4.69) is 21.6 Å². The van der Waals surface area contributed by atoms with E-state index >= 15 is 0 Å². The van der Waals surface area contributed by atoms with E-state index in [1.165, 1.54) is 84.5 Å². The molecule has 0 amide bonds. The Balaban J connectivity index is 1.51. The van der Waals surface area contributed by atoms with Crippen molar-refractivity contribution in [1.29, 1.82) is 0 Å². The van der Waals surface area contributed by atoms with Crippen molar-refractivity contribution in [3.8, 4) is 0 Å². The second kappa shape index (κ2) is 6.55. The lowest BCUT2D eigenvalue weighted by molar-refractivity contribution is 0.131. The third-order valence-corrected chi connectivity index (χ3v) is 5.45. The number of likely N-dealkylation sites (tertiary alicyclic amines) is 1. The minimum Gasteiger partial charge on any atom is -0.303 e. The molecule has 0 bridgehead atoms. The molecule has 3 nitrogen and oxygen atoms in total. The molecule has 3 heteroatoms. The Hall–Kier alpha value is -0.120. The van der Waals surface area contributed by atoms with Crippen LogP contribution in [0, 0.1) is 5.92 Å². The summed E-state index contributed by atoms with van der Waals surface area (Å²) in [4.78, 5) is 8.19. The first-order valence-corrected chi connectivity index (χ1v) is 8.54. The fourth-order valence-electron chi connectivity index (χ4n) is 4.40. The molecule has 0 aromatic carbocycles. The van der Waals surface area contributed by atoms with Crippen molar-refractivity contribution in [2.75, 3.05) is 52.4 Å². The Morgan fingerprint density at radius 3 is 2.53 bits per heavy atom. The molecule has 0 unspecified atom stereocenters. The molecular weight excluding hydrogens is 234 g/mol. The van der Waals surface area contributed by atoms with Crippen LogP contribution in [-0.4, -0.2) is 73.1 Å². The molecule has 0 aromatic heterocycles. The number of piperidine rings is 1. The van der Waals surface area contributed by atoms with Gasteiger partial charge in [0.2, 0.25) is 0 Å². The third kappa shape index (κ3) is 3.50. The van der Waals surface area contributed by atoms with E-state index in [1.54, 1.807) is 0 Å². The van der Waals surface area contributed by atoms with Crippen LogP contribution in [0.4, 0.5) is 0 Å². The Morgan fingerprint density at radius 2 is 1.63 bits per heavy atom. The summed E-state index contributed by atoms with van der Waals surface area (Å²) < 4.78 is 0. The van der Waals surface area contributed by atoms with Gasteiger partial charge in [0.25, 0.3) is 0 Å². The molecule has 110 valence electrons. The van der Waals surface area contributed by atoms with Gasteiger partial charge in [0.15, 0.2) is 0 Å². The summed E-state index contributed by atoms with van der Waals surface area (Å²) in [5.41, 5.74) is 0. The van der Waals surface area contributed by atoms with Gasteiger partial charge < -0.3 is 9.80 Å². The van der Waals surface area contributed by atoms with E-state index in [-0.39, 0.29) is 0 Å². The Kier molecular flexibility index (Phi) is 4.78. The first-order valence-electron chi connectivity index (χ1n) is 8.54. The Bertz CT molecular complexity index is 281. The first-order chi connectivity index (χ1) is 9.35. The van der Waals surface area contributed by atoms with Gasteiger partial charge in [-0.05, 0) is 70.7 Å². The van der Waals surface area contributed by atoms with Crippen LogP contribution in [0.2, 0.25) is 0 Å². The zero-order valence-corrected chi connectivity index (χ0v) is 12.7. The first kappa shape index (κ1) is 13.8. The topological polar surface area (TPSA) is 9.72 Å². The number of fused-ring (bicyclic) bond motifs is 1. The minimum absolute atomic E-state index is 0.883. The molecular formula is C16H31N3. The Labute approximate surface area is 118 Å². The highest BCUT2D eigenvalue weighted by atomic mass is 15.3. The summed E-state index contributed by atoms with van der Waals surface area (Å²) >= 11 is 0. The van der Waals surface area contributed by atoms with Gasteiger partial charge in [-0.1, -0.05) is 6.92 Å². The molecule has 0 aromatic rings. The number of nitrogens with zero attached hydrogens (tertiary/aromatic N) is 3. The molecule has 0 spiro atoms. The van der Waals surface area contributed by atoms with Gasteiger partial charge in [-0.15, -0.1) is 0 Å². The molecule has 3 aliphatic heterocycles. The molecule has 3 rings (SSSR count). The van der Waals surface area contributed by atoms with Crippen molar-refractivity contribution < 1.29 is 0 Å². The zero-order chi connectivity index (χ0) is 13.1. The quantitative estimate of drug-likeness (QED) is 0.771.